The number of carbonyl (C=O) groups is 2. The van der Waals surface area contributed by atoms with E-state index in [-0.39, 0.29) is 23.9 Å². The largest absolute Gasteiger partial charge is 0.457 e. The number of amidine groups is 1. The number of thioether (sulfide) groups is 1. The monoisotopic (exact) mass is 618 g/mol. The molecular weight excluding hydrogens is 572 g/mol. The summed E-state index contributed by atoms with van der Waals surface area (Å²) >= 11 is 1.12. The molecule has 1 saturated carbocycles. The van der Waals surface area contributed by atoms with E-state index in [1.165, 1.54) is 25.7 Å². The second-order valence-electron chi connectivity index (χ2n) is 12.7. The summed E-state index contributed by atoms with van der Waals surface area (Å²) in [7, 11) is 0. The first kappa shape index (κ1) is 32.0. The number of hydrogen-bond donors (Lipinski definition) is 3. The number of rotatable bonds is 9. The summed E-state index contributed by atoms with van der Waals surface area (Å²) in [4.78, 5) is 34.7. The number of ether oxygens (including phenoxy) is 1. The molecule has 9 nitrogen and oxygen atoms in total. The molecule has 1 unspecified atom stereocenters. The zero-order chi connectivity index (χ0) is 31.2. The molecule has 1 aliphatic carbocycles. The summed E-state index contributed by atoms with van der Waals surface area (Å²) in [5, 5.41) is 12.3. The highest BCUT2D eigenvalue weighted by molar-refractivity contribution is 8.26. The van der Waals surface area contributed by atoms with Crippen LogP contribution in [0, 0.1) is 11.3 Å². The lowest BCUT2D eigenvalue weighted by Gasteiger charge is -2.36. The van der Waals surface area contributed by atoms with Gasteiger partial charge in [-0.15, -0.1) is 0 Å². The molecule has 2 aromatic rings. The predicted molar refractivity (Wildman–Crippen MR) is 178 cm³/mol. The van der Waals surface area contributed by atoms with Crippen molar-refractivity contribution in [3.05, 3.63) is 59.2 Å². The van der Waals surface area contributed by atoms with Crippen molar-refractivity contribution in [3.63, 3.8) is 0 Å². The van der Waals surface area contributed by atoms with Crippen LogP contribution in [-0.2, 0) is 11.3 Å². The normalized spacial score (nSPS) is 20.5. The lowest BCUT2D eigenvalue weighted by Crippen LogP contribution is -2.47. The summed E-state index contributed by atoms with van der Waals surface area (Å²) in [6.07, 6.45) is 7.76. The van der Waals surface area contributed by atoms with Crippen molar-refractivity contribution in [2.75, 3.05) is 19.6 Å². The number of nitrogens with one attached hydrogen (secondary N) is 2. The van der Waals surface area contributed by atoms with Gasteiger partial charge in [0.25, 0.3) is 5.91 Å². The molecule has 2 heterocycles. The molecule has 3 fully saturated rings. The van der Waals surface area contributed by atoms with Crippen LogP contribution in [0.25, 0.3) is 0 Å². The van der Waals surface area contributed by atoms with Gasteiger partial charge in [-0.25, -0.2) is 0 Å². The standard InChI is InChI=1S/C34H46N6O3S/c1-22(2)37-34(36)44-32(35)24-10-12-29(13-11-24)43-30-19-25(8-9-26(30)21-40-20-23(3)18-31(40)41)33(42)38-27-14-16-39(17-15-27)28-6-4-5-7-28/h8-13,19,22-23,27-28,35H,4-7,14-18,20-21H2,1-3H3,(H2,36,37)(H,38,42). The molecule has 236 valence electrons. The Labute approximate surface area is 265 Å². The van der Waals surface area contributed by atoms with Crippen LogP contribution in [0.5, 0.6) is 11.5 Å². The number of likely N-dealkylation sites (tertiary alicyclic amines) is 2. The van der Waals surface area contributed by atoms with E-state index in [0.717, 1.165) is 49.3 Å². The maximum absolute atomic E-state index is 13.4. The number of nitrogens with zero attached hydrogens (tertiary/aromatic N) is 3. The Hall–Kier alpha value is -3.37. The van der Waals surface area contributed by atoms with Gasteiger partial charge < -0.3 is 25.6 Å². The van der Waals surface area contributed by atoms with Gasteiger partial charge in [-0.1, -0.05) is 25.8 Å². The minimum atomic E-state index is -0.104. The molecule has 44 heavy (non-hydrogen) atoms. The number of nitrogens with two attached hydrogens (primary N) is 1. The highest BCUT2D eigenvalue weighted by atomic mass is 32.2. The van der Waals surface area contributed by atoms with Crippen molar-refractivity contribution in [2.24, 2.45) is 16.6 Å². The molecule has 4 N–H and O–H groups in total. The van der Waals surface area contributed by atoms with Gasteiger partial charge in [0.15, 0.2) is 5.17 Å². The Morgan fingerprint density at radius 3 is 2.41 bits per heavy atom. The fraction of sp³-hybridized carbons (Fsp3) is 0.529. The van der Waals surface area contributed by atoms with Gasteiger partial charge in [0.05, 0.1) is 0 Å². The topological polar surface area (TPSA) is 124 Å². The van der Waals surface area contributed by atoms with Crippen LogP contribution < -0.4 is 15.8 Å². The van der Waals surface area contributed by atoms with Gasteiger partial charge in [-0.3, -0.25) is 20.0 Å². The van der Waals surface area contributed by atoms with Crippen molar-refractivity contribution >= 4 is 33.8 Å². The fourth-order valence-electron chi connectivity index (χ4n) is 6.44. The van der Waals surface area contributed by atoms with E-state index in [2.05, 4.69) is 22.1 Å². The molecule has 3 aliphatic rings. The third kappa shape index (κ3) is 8.41. The first-order valence-corrected chi connectivity index (χ1v) is 16.8. The summed E-state index contributed by atoms with van der Waals surface area (Å²) < 4.78 is 6.35. The van der Waals surface area contributed by atoms with Crippen LogP contribution in [0.2, 0.25) is 0 Å². The van der Waals surface area contributed by atoms with E-state index < -0.39 is 0 Å². The first-order chi connectivity index (χ1) is 21.1. The van der Waals surface area contributed by atoms with E-state index in [1.54, 1.807) is 18.2 Å². The van der Waals surface area contributed by atoms with Crippen LogP contribution >= 0.6 is 11.8 Å². The average molecular weight is 619 g/mol. The number of carbonyl (C=O) groups excluding carboxylic acids is 2. The summed E-state index contributed by atoms with van der Waals surface area (Å²) in [6, 6.07) is 13.7. The first-order valence-electron chi connectivity index (χ1n) is 16.0. The average Bonchev–Trinajstić information content (AvgIpc) is 3.63. The minimum absolute atomic E-state index is 0.0618. The molecule has 10 heteroatoms. The third-order valence-electron chi connectivity index (χ3n) is 8.74. The number of piperidine rings is 1. The molecule has 1 atom stereocenters. The summed E-state index contributed by atoms with van der Waals surface area (Å²) in [5.41, 5.74) is 8.05. The van der Waals surface area contributed by atoms with Gasteiger partial charge in [0.1, 0.15) is 16.5 Å². The minimum Gasteiger partial charge on any atom is -0.457 e. The van der Waals surface area contributed by atoms with Gasteiger partial charge in [0.2, 0.25) is 5.91 Å². The SMILES string of the molecule is CC1CC(=O)N(Cc2ccc(C(=O)NC3CCN(C4CCCC4)CC3)cc2Oc2ccc(C(=N)SC(N)=NC(C)C)cc2)C1. The van der Waals surface area contributed by atoms with E-state index in [1.807, 2.05) is 43.0 Å². The highest BCUT2D eigenvalue weighted by Crippen LogP contribution is 2.31. The summed E-state index contributed by atoms with van der Waals surface area (Å²) in [6.45, 7) is 9.17. The van der Waals surface area contributed by atoms with E-state index in [9.17, 15) is 9.59 Å². The van der Waals surface area contributed by atoms with Gasteiger partial charge in [-0.2, -0.15) is 0 Å². The zero-order valence-corrected chi connectivity index (χ0v) is 27.0. The van der Waals surface area contributed by atoms with Gasteiger partial charge in [-0.05, 0) is 93.6 Å². The molecule has 0 radical (unpaired) electrons. The second-order valence-corrected chi connectivity index (χ2v) is 13.8. The lowest BCUT2D eigenvalue weighted by molar-refractivity contribution is -0.128. The van der Waals surface area contributed by atoms with E-state index >= 15 is 0 Å². The Kier molecular flexibility index (Phi) is 10.6. The molecule has 5 rings (SSSR count). The van der Waals surface area contributed by atoms with Crippen molar-refractivity contribution in [1.29, 1.82) is 5.41 Å². The Morgan fingerprint density at radius 2 is 1.77 bits per heavy atom. The van der Waals surface area contributed by atoms with Crippen LogP contribution in [0.4, 0.5) is 0 Å². The molecular formula is C34H46N6O3S. The van der Waals surface area contributed by atoms with Crippen molar-refractivity contribution in [2.45, 2.75) is 90.4 Å². The van der Waals surface area contributed by atoms with Crippen LogP contribution in [0.15, 0.2) is 47.5 Å². The Bertz CT molecular complexity index is 1360. The molecule has 2 aliphatic heterocycles. The molecule has 0 spiro atoms. The van der Waals surface area contributed by atoms with Crippen LogP contribution in [0.1, 0.15) is 87.2 Å². The quantitative estimate of drug-likeness (QED) is 0.242. The zero-order valence-electron chi connectivity index (χ0n) is 26.2. The molecule has 2 amide bonds. The van der Waals surface area contributed by atoms with E-state index in [4.69, 9.17) is 15.9 Å². The maximum Gasteiger partial charge on any atom is 0.251 e. The third-order valence-corrected chi connectivity index (χ3v) is 9.50. The molecule has 0 bridgehead atoms. The van der Waals surface area contributed by atoms with Crippen LogP contribution in [0.3, 0.4) is 0 Å². The van der Waals surface area contributed by atoms with Crippen LogP contribution in [-0.4, -0.2) is 69.6 Å². The highest BCUT2D eigenvalue weighted by Gasteiger charge is 2.29. The Balaban J connectivity index is 1.28. The number of aliphatic imine (C=N–C) groups is 1. The molecule has 2 saturated heterocycles. The van der Waals surface area contributed by atoms with Gasteiger partial charge >= 0.3 is 0 Å². The van der Waals surface area contributed by atoms with Crippen molar-refractivity contribution < 1.29 is 14.3 Å². The molecule has 2 aromatic carbocycles. The second kappa shape index (κ2) is 14.6. The number of benzene rings is 2. The molecule has 0 aromatic heterocycles. The smallest absolute Gasteiger partial charge is 0.251 e. The maximum atomic E-state index is 13.4. The van der Waals surface area contributed by atoms with E-state index in [0.29, 0.717) is 58.3 Å². The van der Waals surface area contributed by atoms with Gasteiger partial charge in [0, 0.05) is 67.4 Å². The fourth-order valence-corrected chi connectivity index (χ4v) is 7.17. The predicted octanol–water partition coefficient (Wildman–Crippen LogP) is 5.77. The number of amides is 2. The summed E-state index contributed by atoms with van der Waals surface area (Å²) in [5.74, 6) is 1.47. The lowest BCUT2D eigenvalue weighted by atomic mass is 10.0. The van der Waals surface area contributed by atoms with Crippen molar-refractivity contribution in [3.8, 4) is 11.5 Å². The van der Waals surface area contributed by atoms with Crippen molar-refractivity contribution in [1.82, 2.24) is 15.1 Å². The Morgan fingerprint density at radius 1 is 1.09 bits per heavy atom. The number of hydrogen-bond acceptors (Lipinski definition) is 7.